The van der Waals surface area contributed by atoms with E-state index < -0.39 is 0 Å². The summed E-state index contributed by atoms with van der Waals surface area (Å²) in [4.78, 5) is 0.743. The molecular formula is C14H27Br. The number of halogens is 1. The number of hydrogen-bond acceptors (Lipinski definition) is 0. The predicted molar refractivity (Wildman–Crippen MR) is 72.5 cm³/mol. The fraction of sp³-hybridized carbons (Fsp3) is 1.00. The Bertz CT molecular complexity index is 174. The molecule has 0 radical (unpaired) electrons. The standard InChI is InChI=1S/C14H27Br/c1-10(2)8-12-6-5-7-13(9-12)14(15)11(3)4/h10-14H,5-9H2,1-4H3. The fourth-order valence-electron chi connectivity index (χ4n) is 3.05. The largest absolute Gasteiger partial charge is 0.0885 e. The van der Waals surface area contributed by atoms with Crippen molar-refractivity contribution in [1.82, 2.24) is 0 Å². The first-order chi connectivity index (χ1) is 7.00. The Balaban J connectivity index is 2.41. The third kappa shape index (κ3) is 4.46. The van der Waals surface area contributed by atoms with Crippen molar-refractivity contribution in [3.8, 4) is 0 Å². The third-order valence-corrected chi connectivity index (χ3v) is 5.52. The lowest BCUT2D eigenvalue weighted by Gasteiger charge is -2.34. The minimum Gasteiger partial charge on any atom is -0.0885 e. The van der Waals surface area contributed by atoms with E-state index in [2.05, 4.69) is 43.6 Å². The smallest absolute Gasteiger partial charge is 0.0197 e. The maximum Gasteiger partial charge on any atom is 0.0197 e. The fourth-order valence-corrected chi connectivity index (χ4v) is 3.53. The highest BCUT2D eigenvalue weighted by atomic mass is 79.9. The van der Waals surface area contributed by atoms with Gasteiger partial charge in [-0.25, -0.2) is 0 Å². The van der Waals surface area contributed by atoms with Crippen LogP contribution in [0.1, 0.15) is 59.8 Å². The van der Waals surface area contributed by atoms with Gasteiger partial charge in [-0.3, -0.25) is 0 Å². The molecule has 1 fully saturated rings. The second-order valence-corrected chi connectivity index (χ2v) is 7.17. The Morgan fingerprint density at radius 2 is 1.80 bits per heavy atom. The first-order valence-corrected chi connectivity index (χ1v) is 7.56. The minimum atomic E-state index is 0.743. The molecule has 0 aromatic carbocycles. The van der Waals surface area contributed by atoms with Crippen molar-refractivity contribution in [2.24, 2.45) is 23.7 Å². The van der Waals surface area contributed by atoms with Gasteiger partial charge in [0.25, 0.3) is 0 Å². The second kappa shape index (κ2) is 6.27. The van der Waals surface area contributed by atoms with E-state index in [1.165, 1.54) is 32.1 Å². The van der Waals surface area contributed by atoms with Crippen LogP contribution in [-0.2, 0) is 0 Å². The van der Waals surface area contributed by atoms with Crippen LogP contribution in [0.25, 0.3) is 0 Å². The van der Waals surface area contributed by atoms with E-state index in [4.69, 9.17) is 0 Å². The SMILES string of the molecule is CC(C)CC1CCCC(C(Br)C(C)C)C1. The van der Waals surface area contributed by atoms with Crippen molar-refractivity contribution < 1.29 is 0 Å². The molecule has 0 spiro atoms. The quantitative estimate of drug-likeness (QED) is 0.614. The molecule has 0 N–H and O–H groups in total. The van der Waals surface area contributed by atoms with E-state index in [0.29, 0.717) is 0 Å². The van der Waals surface area contributed by atoms with Crippen LogP contribution in [0.5, 0.6) is 0 Å². The Hall–Kier alpha value is 0.480. The predicted octanol–water partition coefficient (Wildman–Crippen LogP) is 5.26. The van der Waals surface area contributed by atoms with E-state index >= 15 is 0 Å². The van der Waals surface area contributed by atoms with E-state index in [0.717, 1.165) is 28.5 Å². The van der Waals surface area contributed by atoms with Crippen LogP contribution in [0, 0.1) is 23.7 Å². The molecule has 90 valence electrons. The monoisotopic (exact) mass is 274 g/mol. The van der Waals surface area contributed by atoms with Crippen molar-refractivity contribution >= 4 is 15.9 Å². The lowest BCUT2D eigenvalue weighted by molar-refractivity contribution is 0.220. The number of rotatable bonds is 4. The van der Waals surface area contributed by atoms with Crippen molar-refractivity contribution in [1.29, 1.82) is 0 Å². The van der Waals surface area contributed by atoms with Gasteiger partial charge in [0, 0.05) is 4.83 Å². The first kappa shape index (κ1) is 13.5. The highest BCUT2D eigenvalue weighted by molar-refractivity contribution is 9.09. The molecule has 1 heteroatoms. The van der Waals surface area contributed by atoms with Crippen LogP contribution in [0.15, 0.2) is 0 Å². The zero-order chi connectivity index (χ0) is 11.4. The zero-order valence-electron chi connectivity index (χ0n) is 10.8. The molecule has 0 heterocycles. The summed E-state index contributed by atoms with van der Waals surface area (Å²) in [6.07, 6.45) is 7.28. The third-order valence-electron chi connectivity index (χ3n) is 3.72. The highest BCUT2D eigenvalue weighted by Gasteiger charge is 2.28. The van der Waals surface area contributed by atoms with Crippen molar-refractivity contribution in [2.45, 2.75) is 64.6 Å². The average molecular weight is 275 g/mol. The lowest BCUT2D eigenvalue weighted by atomic mass is 9.75. The summed E-state index contributed by atoms with van der Waals surface area (Å²) in [5, 5.41) is 0. The molecule has 3 atom stereocenters. The molecule has 0 bridgehead atoms. The summed E-state index contributed by atoms with van der Waals surface area (Å²) in [6, 6.07) is 0. The van der Waals surface area contributed by atoms with Crippen LogP contribution in [-0.4, -0.2) is 4.83 Å². The summed E-state index contributed by atoms with van der Waals surface area (Å²) < 4.78 is 0. The van der Waals surface area contributed by atoms with Gasteiger partial charge in [0.05, 0.1) is 0 Å². The maximum absolute atomic E-state index is 3.90. The summed E-state index contributed by atoms with van der Waals surface area (Å²) in [6.45, 7) is 9.40. The molecule has 0 aromatic rings. The molecular weight excluding hydrogens is 248 g/mol. The Morgan fingerprint density at radius 3 is 2.33 bits per heavy atom. The van der Waals surface area contributed by atoms with Crippen LogP contribution in [0.4, 0.5) is 0 Å². The molecule has 3 unspecified atom stereocenters. The molecule has 1 rings (SSSR count). The number of alkyl halides is 1. The van der Waals surface area contributed by atoms with Gasteiger partial charge in [-0.1, -0.05) is 56.5 Å². The first-order valence-electron chi connectivity index (χ1n) is 6.64. The van der Waals surface area contributed by atoms with E-state index in [-0.39, 0.29) is 0 Å². The number of hydrogen-bond donors (Lipinski definition) is 0. The molecule has 1 aliphatic carbocycles. The normalized spacial score (nSPS) is 29.8. The van der Waals surface area contributed by atoms with Crippen LogP contribution < -0.4 is 0 Å². The van der Waals surface area contributed by atoms with Crippen molar-refractivity contribution in [3.63, 3.8) is 0 Å². The molecule has 1 aliphatic rings. The Morgan fingerprint density at radius 1 is 1.13 bits per heavy atom. The highest BCUT2D eigenvalue weighted by Crippen LogP contribution is 2.38. The molecule has 0 aromatic heterocycles. The summed E-state index contributed by atoms with van der Waals surface area (Å²) in [5.41, 5.74) is 0. The molecule has 0 saturated heterocycles. The summed E-state index contributed by atoms with van der Waals surface area (Å²) in [5.74, 6) is 3.60. The van der Waals surface area contributed by atoms with Gasteiger partial charge < -0.3 is 0 Å². The maximum atomic E-state index is 3.90. The van der Waals surface area contributed by atoms with Gasteiger partial charge in [-0.2, -0.15) is 0 Å². The average Bonchev–Trinajstić information content (AvgIpc) is 2.16. The van der Waals surface area contributed by atoms with E-state index in [1.807, 2.05) is 0 Å². The van der Waals surface area contributed by atoms with Gasteiger partial charge in [0.1, 0.15) is 0 Å². The van der Waals surface area contributed by atoms with Crippen LogP contribution in [0.2, 0.25) is 0 Å². The van der Waals surface area contributed by atoms with Crippen molar-refractivity contribution in [2.75, 3.05) is 0 Å². The zero-order valence-corrected chi connectivity index (χ0v) is 12.4. The summed E-state index contributed by atoms with van der Waals surface area (Å²) >= 11 is 3.90. The second-order valence-electron chi connectivity index (χ2n) is 6.11. The van der Waals surface area contributed by atoms with Gasteiger partial charge in [0.2, 0.25) is 0 Å². The molecule has 0 aliphatic heterocycles. The van der Waals surface area contributed by atoms with Crippen molar-refractivity contribution in [3.05, 3.63) is 0 Å². The molecule has 1 saturated carbocycles. The van der Waals surface area contributed by atoms with Gasteiger partial charge in [0.15, 0.2) is 0 Å². The Labute approximate surface area is 104 Å². The van der Waals surface area contributed by atoms with Gasteiger partial charge in [-0.05, 0) is 42.9 Å². The van der Waals surface area contributed by atoms with E-state index in [9.17, 15) is 0 Å². The van der Waals surface area contributed by atoms with Crippen LogP contribution in [0.3, 0.4) is 0 Å². The van der Waals surface area contributed by atoms with Crippen LogP contribution >= 0.6 is 15.9 Å². The Kier molecular flexibility index (Phi) is 5.66. The van der Waals surface area contributed by atoms with Gasteiger partial charge in [-0.15, -0.1) is 0 Å². The molecule has 0 amide bonds. The topological polar surface area (TPSA) is 0 Å². The van der Waals surface area contributed by atoms with Gasteiger partial charge >= 0.3 is 0 Å². The van der Waals surface area contributed by atoms with E-state index in [1.54, 1.807) is 0 Å². The summed E-state index contributed by atoms with van der Waals surface area (Å²) in [7, 11) is 0. The molecule has 0 nitrogen and oxygen atoms in total. The minimum absolute atomic E-state index is 0.743. The lowest BCUT2D eigenvalue weighted by Crippen LogP contribution is -2.26. The molecule has 15 heavy (non-hydrogen) atoms.